The number of nitrogens with zero attached hydrogens (tertiary/aromatic N) is 2. The summed E-state index contributed by atoms with van der Waals surface area (Å²) >= 11 is 3.57. The van der Waals surface area contributed by atoms with E-state index in [1.54, 1.807) is 0 Å². The average Bonchev–Trinajstić information content (AvgIpc) is 2.92. The number of hydrogen-bond acceptors (Lipinski definition) is 1. The first-order valence-electron chi connectivity index (χ1n) is 8.77. The Labute approximate surface area is 148 Å². The Morgan fingerprint density at radius 3 is 2.57 bits per heavy atom. The van der Waals surface area contributed by atoms with E-state index in [0.29, 0.717) is 0 Å². The lowest BCUT2D eigenvalue weighted by Gasteiger charge is -2.25. The third-order valence-corrected chi connectivity index (χ3v) is 5.24. The average molecular weight is 375 g/mol. The summed E-state index contributed by atoms with van der Waals surface area (Å²) in [5.74, 6) is 2.02. The van der Waals surface area contributed by atoms with E-state index >= 15 is 0 Å². The van der Waals surface area contributed by atoms with E-state index in [4.69, 9.17) is 4.98 Å². The zero-order chi connectivity index (χ0) is 16.4. The summed E-state index contributed by atoms with van der Waals surface area (Å²) in [6, 6.07) is 8.44. The number of rotatable bonds is 3. The Bertz CT molecular complexity index is 661. The fraction of sp³-hybridized carbons (Fsp3) is 0.550. The van der Waals surface area contributed by atoms with Gasteiger partial charge in [0, 0.05) is 28.2 Å². The highest BCUT2D eigenvalue weighted by Crippen LogP contribution is 2.31. The molecule has 0 saturated heterocycles. The van der Waals surface area contributed by atoms with Gasteiger partial charge in [0.25, 0.3) is 0 Å². The highest BCUT2D eigenvalue weighted by Gasteiger charge is 2.24. The molecular weight excluding hydrogens is 348 g/mol. The molecular formula is C20H27BrN2. The minimum Gasteiger partial charge on any atom is -0.334 e. The molecule has 2 aromatic rings. The predicted octanol–water partition coefficient (Wildman–Crippen LogP) is 6.19. The molecule has 0 unspecified atom stereocenters. The van der Waals surface area contributed by atoms with Crippen molar-refractivity contribution in [3.05, 3.63) is 40.8 Å². The van der Waals surface area contributed by atoms with Crippen molar-refractivity contribution in [2.75, 3.05) is 0 Å². The maximum Gasteiger partial charge on any atom is 0.114 e. The van der Waals surface area contributed by atoms with E-state index in [1.165, 1.54) is 43.5 Å². The Kier molecular flexibility index (Phi) is 4.96. The van der Waals surface area contributed by atoms with Crippen molar-refractivity contribution in [3.8, 4) is 11.3 Å². The van der Waals surface area contributed by atoms with Gasteiger partial charge in [0.15, 0.2) is 0 Å². The second-order valence-electron chi connectivity index (χ2n) is 7.87. The van der Waals surface area contributed by atoms with Gasteiger partial charge >= 0.3 is 0 Å². The second-order valence-corrected chi connectivity index (χ2v) is 8.78. The number of aromatic nitrogens is 2. The minimum atomic E-state index is 0.0684. The van der Waals surface area contributed by atoms with E-state index < -0.39 is 0 Å². The van der Waals surface area contributed by atoms with Gasteiger partial charge in [0.05, 0.1) is 5.69 Å². The summed E-state index contributed by atoms with van der Waals surface area (Å²) in [5.41, 5.74) is 2.35. The van der Waals surface area contributed by atoms with Crippen molar-refractivity contribution in [2.45, 2.75) is 64.8 Å². The molecule has 124 valence electrons. The van der Waals surface area contributed by atoms with Gasteiger partial charge in [-0.05, 0) is 30.9 Å². The highest BCUT2D eigenvalue weighted by molar-refractivity contribution is 9.10. The van der Waals surface area contributed by atoms with E-state index in [0.717, 1.165) is 22.6 Å². The van der Waals surface area contributed by atoms with E-state index in [2.05, 4.69) is 71.7 Å². The predicted molar refractivity (Wildman–Crippen MR) is 101 cm³/mol. The standard InChI is InChI=1S/C20H27BrN2/c1-20(2,3)19-22-18(16-10-7-11-17(21)12-16)14-23(19)13-15-8-5-4-6-9-15/h7,10-12,14-15H,4-6,8-9,13H2,1-3H3. The summed E-state index contributed by atoms with van der Waals surface area (Å²) in [4.78, 5) is 5.00. The molecule has 0 bridgehead atoms. The molecule has 0 atom stereocenters. The van der Waals surface area contributed by atoms with Gasteiger partial charge < -0.3 is 4.57 Å². The normalized spacial score (nSPS) is 16.7. The first-order valence-corrected chi connectivity index (χ1v) is 9.56. The van der Waals surface area contributed by atoms with Crippen molar-refractivity contribution in [2.24, 2.45) is 5.92 Å². The van der Waals surface area contributed by atoms with Gasteiger partial charge in [-0.25, -0.2) is 4.98 Å². The molecule has 1 aliphatic rings. The third kappa shape index (κ3) is 4.06. The third-order valence-electron chi connectivity index (χ3n) is 4.75. The minimum absolute atomic E-state index is 0.0684. The lowest BCUT2D eigenvalue weighted by atomic mass is 9.88. The molecule has 0 aliphatic heterocycles. The zero-order valence-corrected chi connectivity index (χ0v) is 16.1. The molecule has 3 rings (SSSR count). The van der Waals surface area contributed by atoms with Gasteiger partial charge in [-0.2, -0.15) is 0 Å². The quantitative estimate of drug-likeness (QED) is 0.625. The number of imidazole rings is 1. The fourth-order valence-corrected chi connectivity index (χ4v) is 3.99. The summed E-state index contributed by atoms with van der Waals surface area (Å²) in [5, 5.41) is 0. The largest absolute Gasteiger partial charge is 0.334 e. The Morgan fingerprint density at radius 2 is 1.91 bits per heavy atom. The van der Waals surface area contributed by atoms with Crippen LogP contribution in [0.5, 0.6) is 0 Å². The number of hydrogen-bond donors (Lipinski definition) is 0. The van der Waals surface area contributed by atoms with Crippen LogP contribution in [-0.2, 0) is 12.0 Å². The summed E-state index contributed by atoms with van der Waals surface area (Å²) in [6.07, 6.45) is 9.19. The molecule has 1 aromatic carbocycles. The second kappa shape index (κ2) is 6.80. The Balaban J connectivity index is 1.93. The van der Waals surface area contributed by atoms with E-state index in [-0.39, 0.29) is 5.41 Å². The topological polar surface area (TPSA) is 17.8 Å². The summed E-state index contributed by atoms with van der Waals surface area (Å²) < 4.78 is 3.53. The summed E-state index contributed by atoms with van der Waals surface area (Å²) in [6.45, 7) is 7.90. The van der Waals surface area contributed by atoms with Crippen LogP contribution in [0.15, 0.2) is 34.9 Å². The molecule has 2 nitrogen and oxygen atoms in total. The molecule has 1 heterocycles. The Hall–Kier alpha value is -1.09. The SMILES string of the molecule is CC(C)(C)c1nc(-c2cccc(Br)c2)cn1CC1CCCCC1. The van der Waals surface area contributed by atoms with E-state index in [9.17, 15) is 0 Å². The van der Waals surface area contributed by atoms with Crippen LogP contribution in [0.4, 0.5) is 0 Å². The van der Waals surface area contributed by atoms with Crippen LogP contribution in [-0.4, -0.2) is 9.55 Å². The molecule has 0 amide bonds. The van der Waals surface area contributed by atoms with Crippen LogP contribution in [0.1, 0.15) is 58.7 Å². The van der Waals surface area contributed by atoms with Gasteiger partial charge in [-0.1, -0.05) is 68.1 Å². The lowest BCUT2D eigenvalue weighted by Crippen LogP contribution is -2.22. The van der Waals surface area contributed by atoms with Gasteiger partial charge in [-0.3, -0.25) is 0 Å². The van der Waals surface area contributed by atoms with Crippen molar-refractivity contribution < 1.29 is 0 Å². The zero-order valence-electron chi connectivity index (χ0n) is 14.5. The highest BCUT2D eigenvalue weighted by atomic mass is 79.9. The molecule has 3 heteroatoms. The number of benzene rings is 1. The van der Waals surface area contributed by atoms with Crippen LogP contribution < -0.4 is 0 Å². The molecule has 0 spiro atoms. The van der Waals surface area contributed by atoms with Crippen molar-refractivity contribution in [1.82, 2.24) is 9.55 Å². The smallest absolute Gasteiger partial charge is 0.114 e. The molecule has 1 aliphatic carbocycles. The summed E-state index contributed by atoms with van der Waals surface area (Å²) in [7, 11) is 0. The molecule has 23 heavy (non-hydrogen) atoms. The van der Waals surface area contributed by atoms with Crippen LogP contribution in [0, 0.1) is 5.92 Å². The molecule has 1 aromatic heterocycles. The molecule has 1 saturated carbocycles. The van der Waals surface area contributed by atoms with Crippen LogP contribution >= 0.6 is 15.9 Å². The van der Waals surface area contributed by atoms with E-state index in [1.807, 2.05) is 0 Å². The van der Waals surface area contributed by atoms with Crippen LogP contribution in [0.2, 0.25) is 0 Å². The van der Waals surface area contributed by atoms with Crippen LogP contribution in [0.25, 0.3) is 11.3 Å². The van der Waals surface area contributed by atoms with Crippen molar-refractivity contribution in [1.29, 1.82) is 0 Å². The maximum atomic E-state index is 5.00. The van der Waals surface area contributed by atoms with Crippen molar-refractivity contribution in [3.63, 3.8) is 0 Å². The Morgan fingerprint density at radius 1 is 1.17 bits per heavy atom. The molecule has 1 fully saturated rings. The molecule has 0 N–H and O–H groups in total. The van der Waals surface area contributed by atoms with Crippen molar-refractivity contribution >= 4 is 15.9 Å². The first kappa shape index (κ1) is 16.8. The maximum absolute atomic E-state index is 5.00. The van der Waals surface area contributed by atoms with Gasteiger partial charge in [0.1, 0.15) is 5.82 Å². The van der Waals surface area contributed by atoms with Gasteiger partial charge in [-0.15, -0.1) is 0 Å². The molecule has 0 radical (unpaired) electrons. The van der Waals surface area contributed by atoms with Crippen LogP contribution in [0.3, 0.4) is 0 Å². The monoisotopic (exact) mass is 374 g/mol. The fourth-order valence-electron chi connectivity index (χ4n) is 3.59. The lowest BCUT2D eigenvalue weighted by molar-refractivity contribution is 0.309. The van der Waals surface area contributed by atoms with Gasteiger partial charge in [0.2, 0.25) is 0 Å². The number of halogens is 1. The first-order chi connectivity index (χ1) is 10.9.